The Labute approximate surface area is 189 Å². The molecule has 0 atom stereocenters. The quantitative estimate of drug-likeness (QED) is 0.665. The van der Waals surface area contributed by atoms with Gasteiger partial charge in [-0.2, -0.15) is 0 Å². The van der Waals surface area contributed by atoms with Crippen LogP contribution in [0.1, 0.15) is 50.3 Å². The summed E-state index contributed by atoms with van der Waals surface area (Å²) in [6.07, 6.45) is 0.873. The summed E-state index contributed by atoms with van der Waals surface area (Å²) < 4.78 is 5.49. The van der Waals surface area contributed by atoms with Crippen molar-refractivity contribution in [3.05, 3.63) is 71.3 Å². The molecule has 0 saturated carbocycles. The Kier molecular flexibility index (Phi) is 7.26. The fourth-order valence-corrected chi connectivity index (χ4v) is 4.02. The number of hydrogen-bond acceptors (Lipinski definition) is 3. The first-order chi connectivity index (χ1) is 14.7. The molecule has 2 amide bonds. The standard InChI is InChI=1S/C25H31ClN2O3/c1-24(2,3)20-10-7-11-21(16-20)25(27-22(29)17-26)12-14-28(15-13-25)23(30)31-18-19-8-5-4-6-9-19/h4-11,16H,12-15,17-18H2,1-3H3,(H,27,29). The maximum absolute atomic E-state index is 12.6. The molecule has 0 aromatic heterocycles. The van der Waals surface area contributed by atoms with E-state index in [1.54, 1.807) is 4.90 Å². The van der Waals surface area contributed by atoms with E-state index in [-0.39, 0.29) is 29.9 Å². The molecule has 2 aromatic carbocycles. The molecule has 0 bridgehead atoms. The maximum atomic E-state index is 12.6. The van der Waals surface area contributed by atoms with Gasteiger partial charge in [-0.05, 0) is 34.9 Å². The molecule has 1 heterocycles. The first-order valence-corrected chi connectivity index (χ1v) is 11.2. The SMILES string of the molecule is CC(C)(C)c1cccc(C2(NC(=O)CCl)CCN(C(=O)OCc3ccccc3)CC2)c1. The lowest BCUT2D eigenvalue weighted by atomic mass is 9.77. The third-order valence-electron chi connectivity index (χ3n) is 5.86. The number of hydrogen-bond donors (Lipinski definition) is 1. The predicted octanol–water partition coefficient (Wildman–Crippen LogP) is 4.97. The Morgan fingerprint density at radius 2 is 1.74 bits per heavy atom. The molecule has 1 fully saturated rings. The minimum Gasteiger partial charge on any atom is -0.445 e. The normalized spacial score (nSPS) is 15.9. The van der Waals surface area contributed by atoms with E-state index >= 15 is 0 Å². The van der Waals surface area contributed by atoms with E-state index in [1.165, 1.54) is 5.56 Å². The van der Waals surface area contributed by atoms with Gasteiger partial charge < -0.3 is 15.0 Å². The van der Waals surface area contributed by atoms with E-state index in [4.69, 9.17) is 16.3 Å². The summed E-state index contributed by atoms with van der Waals surface area (Å²) in [7, 11) is 0. The topological polar surface area (TPSA) is 58.6 Å². The lowest BCUT2D eigenvalue weighted by molar-refractivity contribution is -0.121. The van der Waals surface area contributed by atoms with Crippen molar-refractivity contribution in [1.82, 2.24) is 10.2 Å². The van der Waals surface area contributed by atoms with Crippen molar-refractivity contribution in [2.45, 2.75) is 51.2 Å². The average molecular weight is 443 g/mol. The molecule has 2 aromatic rings. The summed E-state index contributed by atoms with van der Waals surface area (Å²) in [4.78, 5) is 26.6. The number of alkyl halides is 1. The van der Waals surface area contributed by atoms with Gasteiger partial charge in [0.1, 0.15) is 12.5 Å². The zero-order valence-corrected chi connectivity index (χ0v) is 19.2. The van der Waals surface area contributed by atoms with Crippen LogP contribution in [-0.4, -0.2) is 35.9 Å². The summed E-state index contributed by atoms with van der Waals surface area (Å²) in [5.41, 5.74) is 2.65. The van der Waals surface area contributed by atoms with Crippen LogP contribution in [0.2, 0.25) is 0 Å². The molecule has 1 aliphatic heterocycles. The Balaban J connectivity index is 1.73. The first kappa shape index (κ1) is 23.1. The smallest absolute Gasteiger partial charge is 0.410 e. The number of piperidine rings is 1. The van der Waals surface area contributed by atoms with E-state index in [0.29, 0.717) is 25.9 Å². The van der Waals surface area contributed by atoms with Crippen molar-refractivity contribution in [3.8, 4) is 0 Å². The fraction of sp³-hybridized carbons (Fsp3) is 0.440. The summed E-state index contributed by atoms with van der Waals surface area (Å²) in [6.45, 7) is 7.74. The lowest BCUT2D eigenvalue weighted by Crippen LogP contribution is -2.54. The van der Waals surface area contributed by atoms with E-state index in [2.05, 4.69) is 38.2 Å². The number of carbonyl (C=O) groups excluding carboxylic acids is 2. The van der Waals surface area contributed by atoms with Crippen LogP contribution in [-0.2, 0) is 27.1 Å². The van der Waals surface area contributed by atoms with Crippen LogP contribution in [0.4, 0.5) is 4.79 Å². The van der Waals surface area contributed by atoms with Crippen LogP contribution in [0.3, 0.4) is 0 Å². The third-order valence-corrected chi connectivity index (χ3v) is 6.10. The number of carbonyl (C=O) groups is 2. The summed E-state index contributed by atoms with van der Waals surface area (Å²) >= 11 is 5.81. The summed E-state index contributed by atoms with van der Waals surface area (Å²) in [5.74, 6) is -0.299. The number of halogens is 1. The zero-order valence-electron chi connectivity index (χ0n) is 18.5. The fourth-order valence-electron chi connectivity index (χ4n) is 3.95. The number of nitrogens with zero attached hydrogens (tertiary/aromatic N) is 1. The lowest BCUT2D eigenvalue weighted by Gasteiger charge is -2.42. The summed E-state index contributed by atoms with van der Waals surface area (Å²) in [6, 6.07) is 18.0. The zero-order chi connectivity index (χ0) is 22.5. The highest BCUT2D eigenvalue weighted by molar-refractivity contribution is 6.27. The molecule has 6 heteroatoms. The van der Waals surface area contributed by atoms with Crippen molar-refractivity contribution >= 4 is 23.6 Å². The van der Waals surface area contributed by atoms with Gasteiger partial charge in [-0.3, -0.25) is 4.79 Å². The van der Waals surface area contributed by atoms with Crippen molar-refractivity contribution in [3.63, 3.8) is 0 Å². The number of ether oxygens (including phenoxy) is 1. The highest BCUT2D eigenvalue weighted by Crippen LogP contribution is 2.35. The van der Waals surface area contributed by atoms with Gasteiger partial charge >= 0.3 is 6.09 Å². The van der Waals surface area contributed by atoms with Crippen LogP contribution in [0, 0.1) is 0 Å². The van der Waals surface area contributed by atoms with Gasteiger partial charge in [-0.15, -0.1) is 11.6 Å². The second kappa shape index (κ2) is 9.73. The number of benzene rings is 2. The third kappa shape index (κ3) is 5.79. The Morgan fingerprint density at radius 1 is 1.06 bits per heavy atom. The van der Waals surface area contributed by atoms with E-state index in [1.807, 2.05) is 42.5 Å². The highest BCUT2D eigenvalue weighted by Gasteiger charge is 2.39. The van der Waals surface area contributed by atoms with Crippen LogP contribution in [0.5, 0.6) is 0 Å². The van der Waals surface area contributed by atoms with Crippen molar-refractivity contribution in [2.75, 3.05) is 19.0 Å². The van der Waals surface area contributed by atoms with E-state index in [0.717, 1.165) is 11.1 Å². The molecule has 0 aliphatic carbocycles. The largest absolute Gasteiger partial charge is 0.445 e. The Hall–Kier alpha value is -2.53. The number of nitrogens with one attached hydrogen (secondary N) is 1. The van der Waals surface area contributed by atoms with Gasteiger partial charge in [0.25, 0.3) is 0 Å². The molecule has 1 saturated heterocycles. The van der Waals surface area contributed by atoms with Gasteiger partial charge in [0.15, 0.2) is 0 Å². The number of rotatable bonds is 5. The molecule has 31 heavy (non-hydrogen) atoms. The van der Waals surface area contributed by atoms with Gasteiger partial charge in [0.2, 0.25) is 5.91 Å². The minimum absolute atomic E-state index is 0.00433. The minimum atomic E-state index is -0.552. The average Bonchev–Trinajstić information content (AvgIpc) is 2.78. The monoisotopic (exact) mass is 442 g/mol. The molecule has 0 spiro atoms. The molecule has 1 aliphatic rings. The maximum Gasteiger partial charge on any atom is 0.410 e. The second-order valence-electron chi connectivity index (χ2n) is 9.12. The number of likely N-dealkylation sites (tertiary alicyclic amines) is 1. The first-order valence-electron chi connectivity index (χ1n) is 10.7. The van der Waals surface area contributed by atoms with E-state index < -0.39 is 5.54 Å². The predicted molar refractivity (Wildman–Crippen MR) is 123 cm³/mol. The van der Waals surface area contributed by atoms with Crippen LogP contribution >= 0.6 is 11.6 Å². The highest BCUT2D eigenvalue weighted by atomic mass is 35.5. The second-order valence-corrected chi connectivity index (χ2v) is 9.39. The molecule has 0 unspecified atom stereocenters. The molecule has 3 rings (SSSR count). The van der Waals surface area contributed by atoms with Crippen LogP contribution in [0.25, 0.3) is 0 Å². The van der Waals surface area contributed by atoms with Gasteiger partial charge in [-0.25, -0.2) is 4.79 Å². The van der Waals surface area contributed by atoms with Crippen LogP contribution < -0.4 is 5.32 Å². The summed E-state index contributed by atoms with van der Waals surface area (Å²) in [5, 5.41) is 3.14. The Morgan fingerprint density at radius 3 is 2.35 bits per heavy atom. The molecular weight excluding hydrogens is 412 g/mol. The number of amides is 2. The molecule has 1 N–H and O–H groups in total. The molecule has 0 radical (unpaired) electrons. The Bertz CT molecular complexity index is 900. The van der Waals surface area contributed by atoms with Gasteiger partial charge in [0.05, 0.1) is 5.54 Å². The van der Waals surface area contributed by atoms with Gasteiger partial charge in [-0.1, -0.05) is 75.4 Å². The van der Waals surface area contributed by atoms with Crippen molar-refractivity contribution < 1.29 is 14.3 Å². The van der Waals surface area contributed by atoms with Crippen LogP contribution in [0.15, 0.2) is 54.6 Å². The van der Waals surface area contributed by atoms with Gasteiger partial charge in [0, 0.05) is 13.1 Å². The molecular formula is C25H31ClN2O3. The van der Waals surface area contributed by atoms with E-state index in [9.17, 15) is 9.59 Å². The van der Waals surface area contributed by atoms with Crippen molar-refractivity contribution in [2.24, 2.45) is 0 Å². The van der Waals surface area contributed by atoms with Crippen molar-refractivity contribution in [1.29, 1.82) is 0 Å². The molecule has 166 valence electrons. The molecule has 5 nitrogen and oxygen atoms in total.